The normalized spacial score (nSPS) is 30.9. The van der Waals surface area contributed by atoms with Crippen molar-refractivity contribution < 1.29 is 26.7 Å². The summed E-state index contributed by atoms with van der Waals surface area (Å²) < 4.78 is 62.3. The third-order valence-corrected chi connectivity index (χ3v) is 10.0. The van der Waals surface area contributed by atoms with Gasteiger partial charge in [-0.05, 0) is 74.1 Å². The van der Waals surface area contributed by atoms with Crippen LogP contribution < -0.4 is 0 Å². The van der Waals surface area contributed by atoms with Crippen LogP contribution >= 0.6 is 11.6 Å². The van der Waals surface area contributed by atoms with Gasteiger partial charge in [0.05, 0.1) is 11.5 Å². The van der Waals surface area contributed by atoms with Crippen molar-refractivity contribution in [3.8, 4) is 0 Å². The third kappa shape index (κ3) is 4.98. The molecule has 1 saturated carbocycles. The molecule has 1 atom stereocenters. The number of likely N-dealkylation sites (tertiary alicyclic amines) is 1. The van der Waals surface area contributed by atoms with E-state index in [1.807, 2.05) is 18.2 Å². The van der Waals surface area contributed by atoms with Gasteiger partial charge in [-0.2, -0.15) is 13.2 Å². The number of alkyl halides is 3. The fourth-order valence-corrected chi connectivity index (χ4v) is 8.55. The zero-order chi connectivity index (χ0) is 23.4. The summed E-state index contributed by atoms with van der Waals surface area (Å²) in [6.45, 7) is 4.86. The first-order chi connectivity index (χ1) is 14.8. The number of nitrogens with zero attached hydrogens (tertiary/aromatic N) is 1. The van der Waals surface area contributed by atoms with Crippen molar-refractivity contribution in [1.82, 2.24) is 4.90 Å². The Bertz CT molecular complexity index is 946. The molecule has 9 heteroatoms. The van der Waals surface area contributed by atoms with Crippen molar-refractivity contribution in [1.29, 1.82) is 0 Å². The van der Waals surface area contributed by atoms with Gasteiger partial charge in [0, 0.05) is 23.5 Å². The molecule has 32 heavy (non-hydrogen) atoms. The molecular formula is C23H31ClF3NO3S. The first kappa shape index (κ1) is 24.3. The number of sulfone groups is 1. The van der Waals surface area contributed by atoms with Gasteiger partial charge >= 0.3 is 6.18 Å². The molecule has 4 rings (SSSR count). The second kappa shape index (κ2) is 8.43. The van der Waals surface area contributed by atoms with E-state index in [4.69, 9.17) is 11.6 Å². The van der Waals surface area contributed by atoms with Crippen molar-refractivity contribution >= 4 is 21.4 Å². The van der Waals surface area contributed by atoms with Crippen LogP contribution in [0.1, 0.15) is 56.1 Å². The number of halogens is 4. The van der Waals surface area contributed by atoms with Gasteiger partial charge in [-0.3, -0.25) is 0 Å². The van der Waals surface area contributed by atoms with Gasteiger partial charge in [-0.1, -0.05) is 30.7 Å². The lowest BCUT2D eigenvalue weighted by atomic mass is 9.75. The van der Waals surface area contributed by atoms with Crippen molar-refractivity contribution in [3.63, 3.8) is 0 Å². The smallest absolute Gasteiger partial charge is 0.380 e. The number of aliphatic hydroxyl groups is 1. The number of rotatable bonds is 5. The lowest BCUT2D eigenvalue weighted by molar-refractivity contribution is -0.270. The molecule has 1 aromatic rings. The molecule has 0 radical (unpaired) electrons. The maximum atomic E-state index is 13.0. The molecule has 0 unspecified atom stereocenters. The van der Waals surface area contributed by atoms with E-state index in [0.29, 0.717) is 22.4 Å². The van der Waals surface area contributed by atoms with E-state index in [0.717, 1.165) is 43.6 Å². The summed E-state index contributed by atoms with van der Waals surface area (Å²) in [6, 6.07) is 5.85. The van der Waals surface area contributed by atoms with E-state index in [1.54, 1.807) is 0 Å². The molecule has 1 spiro atoms. The highest BCUT2D eigenvalue weighted by Crippen LogP contribution is 2.47. The van der Waals surface area contributed by atoms with E-state index >= 15 is 0 Å². The summed E-state index contributed by atoms with van der Waals surface area (Å²) in [5, 5.41) is 10.5. The molecule has 3 aliphatic rings. The zero-order valence-corrected chi connectivity index (χ0v) is 19.9. The Morgan fingerprint density at radius 2 is 1.88 bits per heavy atom. The molecule has 0 aromatic heterocycles. The Hall–Kier alpha value is -0.830. The Kier molecular flexibility index (Phi) is 6.40. The number of benzene rings is 1. The number of hydrogen-bond donors (Lipinski definition) is 1. The van der Waals surface area contributed by atoms with Crippen LogP contribution in [0.15, 0.2) is 18.2 Å². The van der Waals surface area contributed by atoms with E-state index in [2.05, 4.69) is 11.8 Å². The van der Waals surface area contributed by atoms with Crippen LogP contribution in [0.4, 0.5) is 13.2 Å². The van der Waals surface area contributed by atoms with Crippen molar-refractivity contribution in [3.05, 3.63) is 34.3 Å². The summed E-state index contributed by atoms with van der Waals surface area (Å²) in [6.07, 6.45) is -2.88. The summed E-state index contributed by atoms with van der Waals surface area (Å²) in [5.74, 6) is 0.948. The summed E-state index contributed by atoms with van der Waals surface area (Å²) >= 11 is 6.52. The topological polar surface area (TPSA) is 57.6 Å². The Morgan fingerprint density at radius 3 is 2.44 bits per heavy atom. The van der Waals surface area contributed by atoms with Crippen LogP contribution in [0.2, 0.25) is 5.02 Å². The molecule has 2 aliphatic heterocycles. The fraction of sp³-hybridized carbons (Fsp3) is 0.739. The van der Waals surface area contributed by atoms with Crippen LogP contribution in [0, 0.1) is 11.3 Å². The maximum absolute atomic E-state index is 13.0. The summed E-state index contributed by atoms with van der Waals surface area (Å²) in [4.78, 5) is 2.36. The molecule has 2 saturated heterocycles. The molecule has 4 nitrogen and oxygen atoms in total. The van der Waals surface area contributed by atoms with Gasteiger partial charge in [-0.25, -0.2) is 8.42 Å². The quantitative estimate of drug-likeness (QED) is 0.651. The molecule has 1 aromatic carbocycles. The average molecular weight is 494 g/mol. The first-order valence-corrected chi connectivity index (χ1v) is 13.5. The third-order valence-electron chi connectivity index (χ3n) is 7.57. The predicted octanol–water partition coefficient (Wildman–Crippen LogP) is 4.59. The highest BCUT2D eigenvalue weighted by Gasteiger charge is 2.55. The minimum absolute atomic E-state index is 0.0260. The lowest BCUT2D eigenvalue weighted by Crippen LogP contribution is -2.50. The fourth-order valence-electron chi connectivity index (χ4n) is 5.94. The summed E-state index contributed by atoms with van der Waals surface area (Å²) in [5.41, 5.74) is -0.653. The molecule has 1 N–H and O–H groups in total. The van der Waals surface area contributed by atoms with Crippen LogP contribution in [0.5, 0.6) is 0 Å². The number of hydrogen-bond acceptors (Lipinski definition) is 4. The minimum atomic E-state index is -4.59. The van der Waals surface area contributed by atoms with E-state index in [1.165, 1.54) is 0 Å². The van der Waals surface area contributed by atoms with Crippen molar-refractivity contribution in [2.24, 2.45) is 11.3 Å². The van der Waals surface area contributed by atoms with Crippen LogP contribution in [-0.4, -0.2) is 61.3 Å². The van der Waals surface area contributed by atoms with Gasteiger partial charge in [0.25, 0.3) is 0 Å². The van der Waals surface area contributed by atoms with E-state index in [9.17, 15) is 26.7 Å². The Balaban J connectivity index is 1.30. The van der Waals surface area contributed by atoms with E-state index in [-0.39, 0.29) is 37.0 Å². The van der Waals surface area contributed by atoms with Gasteiger partial charge in [0.1, 0.15) is 0 Å². The predicted molar refractivity (Wildman–Crippen MR) is 119 cm³/mol. The second-order valence-corrected chi connectivity index (χ2v) is 13.0. The largest absolute Gasteiger partial charge is 0.417 e. The summed E-state index contributed by atoms with van der Waals surface area (Å²) in [7, 11) is -2.82. The molecule has 0 amide bonds. The van der Waals surface area contributed by atoms with Gasteiger partial charge < -0.3 is 10.0 Å². The SMILES string of the molecule is C[C@@H](Cc1ccc(C2CCC(O)(C(F)(F)F)CC2)c(Cl)c1)CN1CCC2(C1)CS(=O)(=O)C2. The van der Waals surface area contributed by atoms with Crippen molar-refractivity contribution in [2.75, 3.05) is 31.1 Å². The Morgan fingerprint density at radius 1 is 1.22 bits per heavy atom. The molecular weight excluding hydrogens is 463 g/mol. The highest BCUT2D eigenvalue weighted by molar-refractivity contribution is 7.92. The van der Waals surface area contributed by atoms with Gasteiger partial charge in [-0.15, -0.1) is 0 Å². The minimum Gasteiger partial charge on any atom is -0.380 e. The Labute approximate surface area is 193 Å². The standard InChI is InChI=1S/C23H31ClF3NO3S/c1-16(12-28-9-8-21(13-28)14-32(30,31)15-21)10-17-2-3-19(20(24)11-17)18-4-6-22(29,7-5-18)23(25,26)27/h2-3,11,16,18,29H,4-10,12-15H2,1H3/t16-,18?,22?/m0/s1. The zero-order valence-electron chi connectivity index (χ0n) is 18.3. The van der Waals surface area contributed by atoms with Crippen LogP contribution in [-0.2, 0) is 16.3 Å². The van der Waals surface area contributed by atoms with Gasteiger partial charge in [0.15, 0.2) is 15.4 Å². The molecule has 180 valence electrons. The van der Waals surface area contributed by atoms with Gasteiger partial charge in [0.2, 0.25) is 0 Å². The maximum Gasteiger partial charge on any atom is 0.417 e. The average Bonchev–Trinajstić information content (AvgIpc) is 3.03. The lowest BCUT2D eigenvalue weighted by Gasteiger charge is -2.37. The highest BCUT2D eigenvalue weighted by atomic mass is 35.5. The molecule has 1 aliphatic carbocycles. The first-order valence-electron chi connectivity index (χ1n) is 11.3. The van der Waals surface area contributed by atoms with Crippen LogP contribution in [0.25, 0.3) is 0 Å². The van der Waals surface area contributed by atoms with Crippen molar-refractivity contribution in [2.45, 2.75) is 63.1 Å². The molecule has 3 fully saturated rings. The molecule has 0 bridgehead atoms. The van der Waals surface area contributed by atoms with E-state index < -0.39 is 21.6 Å². The monoisotopic (exact) mass is 493 g/mol. The van der Waals surface area contributed by atoms with Crippen LogP contribution in [0.3, 0.4) is 0 Å². The second-order valence-electron chi connectivity index (χ2n) is 10.5. The molecule has 2 heterocycles.